The van der Waals surface area contributed by atoms with Crippen LogP contribution in [-0.4, -0.2) is 6.40 Å². The Hall–Kier alpha value is -2.09. The van der Waals surface area contributed by atoms with Crippen molar-refractivity contribution in [1.82, 2.24) is 0 Å². The highest BCUT2D eigenvalue weighted by molar-refractivity contribution is 5.58. The molecule has 2 rings (SSSR count). The molecular weight excluding hydrogens is 198 g/mol. The van der Waals surface area contributed by atoms with E-state index in [-0.39, 0.29) is 0 Å². The molecule has 0 heterocycles. The van der Waals surface area contributed by atoms with Gasteiger partial charge in [0, 0.05) is 0 Å². The minimum atomic E-state index is 0.790. The predicted octanol–water partition coefficient (Wildman–Crippen LogP) is 3.73. The highest BCUT2D eigenvalue weighted by atomic mass is 16.5. The van der Waals surface area contributed by atoms with Crippen LogP contribution in [-0.2, 0) is 0 Å². The maximum Gasteiger partial charge on any atom is 0.181 e. The summed E-state index contributed by atoms with van der Waals surface area (Å²) >= 11 is 0. The zero-order valence-electron chi connectivity index (χ0n) is 9.13. The summed E-state index contributed by atoms with van der Waals surface area (Å²) in [6.07, 6.45) is 1.46. The van der Waals surface area contributed by atoms with Crippen LogP contribution >= 0.6 is 0 Å². The summed E-state index contributed by atoms with van der Waals surface area (Å²) in [6.45, 7) is 2.05. The molecule has 80 valence electrons. The Morgan fingerprint density at radius 3 is 2.31 bits per heavy atom. The quantitative estimate of drug-likeness (QED) is 0.560. The first kappa shape index (κ1) is 10.4. The second kappa shape index (κ2) is 5.12. The molecule has 0 saturated heterocycles. The summed E-state index contributed by atoms with van der Waals surface area (Å²) in [4.78, 5) is 4.20. The van der Waals surface area contributed by atoms with Crippen molar-refractivity contribution in [3.8, 4) is 5.75 Å². The SMILES string of the molecule is Cc1ccc(/N=C/Oc2ccccc2)cc1. The molecule has 0 spiro atoms. The lowest BCUT2D eigenvalue weighted by Crippen LogP contribution is -1.87. The molecule has 2 heteroatoms. The lowest BCUT2D eigenvalue weighted by molar-refractivity contribution is 0.574. The zero-order valence-corrected chi connectivity index (χ0v) is 9.13. The van der Waals surface area contributed by atoms with Crippen molar-refractivity contribution in [3.63, 3.8) is 0 Å². The molecule has 0 saturated carbocycles. The molecule has 2 aromatic rings. The molecule has 0 aromatic heterocycles. The summed E-state index contributed by atoms with van der Waals surface area (Å²) in [5.41, 5.74) is 2.12. The van der Waals surface area contributed by atoms with Crippen molar-refractivity contribution in [2.45, 2.75) is 6.92 Å². The maximum atomic E-state index is 5.35. The molecule has 0 atom stereocenters. The van der Waals surface area contributed by atoms with E-state index in [4.69, 9.17) is 4.74 Å². The number of rotatable bonds is 3. The van der Waals surface area contributed by atoms with Crippen LogP contribution in [0.25, 0.3) is 0 Å². The summed E-state index contributed by atoms with van der Waals surface area (Å²) < 4.78 is 5.35. The number of aliphatic imine (C=N–C) groups is 1. The largest absolute Gasteiger partial charge is 0.446 e. The molecule has 0 fully saturated rings. The van der Waals surface area contributed by atoms with E-state index in [9.17, 15) is 0 Å². The van der Waals surface area contributed by atoms with Gasteiger partial charge in [0.15, 0.2) is 6.40 Å². The Bertz CT molecular complexity index is 460. The van der Waals surface area contributed by atoms with Gasteiger partial charge < -0.3 is 4.74 Å². The number of para-hydroxylation sites is 1. The predicted molar refractivity (Wildman–Crippen MR) is 66.4 cm³/mol. The number of hydrogen-bond acceptors (Lipinski definition) is 2. The molecule has 0 radical (unpaired) electrons. The van der Waals surface area contributed by atoms with Gasteiger partial charge in [0.2, 0.25) is 0 Å². The van der Waals surface area contributed by atoms with Crippen molar-refractivity contribution in [2.75, 3.05) is 0 Å². The number of ether oxygens (including phenoxy) is 1. The van der Waals surface area contributed by atoms with Crippen LogP contribution in [0.15, 0.2) is 59.6 Å². The van der Waals surface area contributed by atoms with E-state index in [0.717, 1.165) is 11.4 Å². The minimum absolute atomic E-state index is 0.790. The van der Waals surface area contributed by atoms with Gasteiger partial charge in [0.1, 0.15) is 5.75 Å². The van der Waals surface area contributed by atoms with Gasteiger partial charge in [0.25, 0.3) is 0 Å². The third-order valence-electron chi connectivity index (χ3n) is 2.17. The molecular formula is C14H13NO. The van der Waals surface area contributed by atoms with Gasteiger partial charge in [-0.1, -0.05) is 35.9 Å². The van der Waals surface area contributed by atoms with E-state index in [0.29, 0.717) is 0 Å². The number of hydrogen-bond donors (Lipinski definition) is 0. The van der Waals surface area contributed by atoms with Gasteiger partial charge in [-0.25, -0.2) is 4.99 Å². The van der Waals surface area contributed by atoms with Crippen LogP contribution in [0.2, 0.25) is 0 Å². The molecule has 0 bridgehead atoms. The highest BCUT2D eigenvalue weighted by Gasteiger charge is 1.89. The van der Waals surface area contributed by atoms with Gasteiger partial charge in [-0.3, -0.25) is 0 Å². The van der Waals surface area contributed by atoms with Crippen LogP contribution in [0, 0.1) is 6.92 Å². The van der Waals surface area contributed by atoms with E-state index in [1.54, 1.807) is 0 Å². The molecule has 0 aliphatic rings. The first-order valence-corrected chi connectivity index (χ1v) is 5.15. The maximum absolute atomic E-state index is 5.35. The standard InChI is InChI=1S/C14H13NO/c1-12-7-9-13(10-8-12)15-11-16-14-5-3-2-4-6-14/h2-11H,1H3/b15-11+. The zero-order chi connectivity index (χ0) is 11.2. The van der Waals surface area contributed by atoms with E-state index in [1.807, 2.05) is 61.5 Å². The minimum Gasteiger partial charge on any atom is -0.446 e. The first-order valence-electron chi connectivity index (χ1n) is 5.15. The van der Waals surface area contributed by atoms with Crippen molar-refractivity contribution in [3.05, 3.63) is 60.2 Å². The first-order chi connectivity index (χ1) is 7.84. The Kier molecular flexibility index (Phi) is 3.34. The van der Waals surface area contributed by atoms with Gasteiger partial charge in [-0.2, -0.15) is 0 Å². The molecule has 0 aliphatic heterocycles. The molecule has 16 heavy (non-hydrogen) atoms. The van der Waals surface area contributed by atoms with Crippen LogP contribution in [0.5, 0.6) is 5.75 Å². The normalized spacial score (nSPS) is 10.6. The summed E-state index contributed by atoms with van der Waals surface area (Å²) in [7, 11) is 0. The topological polar surface area (TPSA) is 21.6 Å². The molecule has 0 amide bonds. The molecule has 0 aliphatic carbocycles. The van der Waals surface area contributed by atoms with E-state index in [2.05, 4.69) is 4.99 Å². The Balaban J connectivity index is 1.98. The summed E-state index contributed by atoms with van der Waals surface area (Å²) in [5.74, 6) is 0.790. The third-order valence-corrected chi connectivity index (χ3v) is 2.17. The van der Waals surface area contributed by atoms with Gasteiger partial charge >= 0.3 is 0 Å². The number of benzene rings is 2. The fraction of sp³-hybridized carbons (Fsp3) is 0.0714. The second-order valence-electron chi connectivity index (χ2n) is 3.50. The third kappa shape index (κ3) is 2.95. The Labute approximate surface area is 95.2 Å². The van der Waals surface area contributed by atoms with Crippen LogP contribution in [0.3, 0.4) is 0 Å². The van der Waals surface area contributed by atoms with Gasteiger partial charge in [-0.15, -0.1) is 0 Å². The molecule has 2 aromatic carbocycles. The number of nitrogens with zero attached hydrogens (tertiary/aromatic N) is 1. The Morgan fingerprint density at radius 1 is 0.938 bits per heavy atom. The van der Waals surface area contributed by atoms with E-state index < -0.39 is 0 Å². The van der Waals surface area contributed by atoms with E-state index >= 15 is 0 Å². The van der Waals surface area contributed by atoms with Crippen molar-refractivity contribution in [1.29, 1.82) is 0 Å². The summed E-state index contributed by atoms with van der Waals surface area (Å²) in [6, 6.07) is 17.5. The van der Waals surface area contributed by atoms with Crippen LogP contribution in [0.4, 0.5) is 5.69 Å². The van der Waals surface area contributed by atoms with Gasteiger partial charge in [-0.05, 0) is 31.2 Å². The smallest absolute Gasteiger partial charge is 0.181 e. The summed E-state index contributed by atoms with van der Waals surface area (Å²) in [5, 5.41) is 0. The Morgan fingerprint density at radius 2 is 1.62 bits per heavy atom. The molecule has 0 N–H and O–H groups in total. The van der Waals surface area contributed by atoms with Crippen LogP contribution < -0.4 is 4.74 Å². The lowest BCUT2D eigenvalue weighted by atomic mass is 10.2. The van der Waals surface area contributed by atoms with Gasteiger partial charge in [0.05, 0.1) is 5.69 Å². The van der Waals surface area contributed by atoms with Crippen molar-refractivity contribution in [2.24, 2.45) is 4.99 Å². The fourth-order valence-electron chi connectivity index (χ4n) is 1.28. The van der Waals surface area contributed by atoms with Crippen molar-refractivity contribution >= 4 is 12.1 Å². The second-order valence-corrected chi connectivity index (χ2v) is 3.50. The van der Waals surface area contributed by atoms with Crippen LogP contribution in [0.1, 0.15) is 5.56 Å². The number of aryl methyl sites for hydroxylation is 1. The lowest BCUT2D eigenvalue weighted by Gasteiger charge is -1.98. The molecule has 0 unspecified atom stereocenters. The van der Waals surface area contributed by atoms with E-state index in [1.165, 1.54) is 12.0 Å². The molecule has 2 nitrogen and oxygen atoms in total. The van der Waals surface area contributed by atoms with Crippen molar-refractivity contribution < 1.29 is 4.74 Å². The fourth-order valence-corrected chi connectivity index (χ4v) is 1.28. The average molecular weight is 211 g/mol. The monoisotopic (exact) mass is 211 g/mol. The highest BCUT2D eigenvalue weighted by Crippen LogP contribution is 2.12. The average Bonchev–Trinajstić information content (AvgIpc) is 2.33.